The molecule has 0 aromatic rings. The Morgan fingerprint density at radius 2 is 2.00 bits per heavy atom. The van der Waals surface area contributed by atoms with E-state index in [2.05, 4.69) is 12.1 Å². The zero-order chi connectivity index (χ0) is 8.81. The van der Waals surface area contributed by atoms with Crippen molar-refractivity contribution in [1.29, 1.82) is 0 Å². The third kappa shape index (κ3) is 3.33. The lowest BCUT2D eigenvalue weighted by Crippen LogP contribution is -2.11. The zero-order valence-corrected chi connectivity index (χ0v) is 7.96. The molecule has 1 aliphatic rings. The molecule has 2 heteroatoms. The van der Waals surface area contributed by atoms with Crippen LogP contribution in [0.15, 0.2) is 5.18 Å². The molecular weight excluding hydrogens is 150 g/mol. The van der Waals surface area contributed by atoms with Crippen molar-refractivity contribution < 1.29 is 0 Å². The van der Waals surface area contributed by atoms with Crippen LogP contribution in [0.1, 0.15) is 45.4 Å². The largest absolute Gasteiger partial charge is 0.151 e. The van der Waals surface area contributed by atoms with Crippen molar-refractivity contribution in [2.24, 2.45) is 17.0 Å². The zero-order valence-electron chi connectivity index (χ0n) is 7.96. The summed E-state index contributed by atoms with van der Waals surface area (Å²) in [6.07, 6.45) is 8.17. The van der Waals surface area contributed by atoms with Crippen LogP contribution in [-0.4, -0.2) is 6.54 Å². The molecular formula is C10H19NO. The van der Waals surface area contributed by atoms with Crippen LogP contribution in [0.4, 0.5) is 0 Å². The van der Waals surface area contributed by atoms with E-state index in [0.717, 1.165) is 5.92 Å². The standard InChI is InChI=1S/C10H19NO/c1-9(8-11-12)7-10-5-3-2-4-6-10/h9-10H,2-8H2,1H3. The van der Waals surface area contributed by atoms with Crippen molar-refractivity contribution in [3.63, 3.8) is 0 Å². The third-order valence-electron chi connectivity index (χ3n) is 2.85. The van der Waals surface area contributed by atoms with Crippen molar-refractivity contribution in [2.45, 2.75) is 45.4 Å². The molecule has 0 amide bonds. The van der Waals surface area contributed by atoms with Gasteiger partial charge in [-0.2, -0.15) is 4.91 Å². The Morgan fingerprint density at radius 3 is 2.58 bits per heavy atom. The molecule has 1 unspecified atom stereocenters. The van der Waals surface area contributed by atoms with Gasteiger partial charge in [0.2, 0.25) is 0 Å². The fourth-order valence-electron chi connectivity index (χ4n) is 2.19. The molecule has 0 aromatic carbocycles. The van der Waals surface area contributed by atoms with Gasteiger partial charge in [0.25, 0.3) is 0 Å². The summed E-state index contributed by atoms with van der Waals surface area (Å²) in [5.74, 6) is 1.39. The minimum Gasteiger partial charge on any atom is -0.151 e. The fraction of sp³-hybridized carbons (Fsp3) is 1.00. The third-order valence-corrected chi connectivity index (χ3v) is 2.85. The Hall–Kier alpha value is -0.400. The average molecular weight is 169 g/mol. The molecule has 1 aliphatic carbocycles. The van der Waals surface area contributed by atoms with Gasteiger partial charge in [-0.05, 0) is 18.3 Å². The van der Waals surface area contributed by atoms with Gasteiger partial charge in [0.05, 0.1) is 6.54 Å². The van der Waals surface area contributed by atoms with Gasteiger partial charge < -0.3 is 0 Å². The molecule has 1 atom stereocenters. The molecule has 1 saturated carbocycles. The number of hydrogen-bond donors (Lipinski definition) is 0. The minimum absolute atomic E-state index is 0.505. The first-order chi connectivity index (χ1) is 5.83. The van der Waals surface area contributed by atoms with E-state index in [4.69, 9.17) is 0 Å². The highest BCUT2D eigenvalue weighted by Gasteiger charge is 2.16. The normalized spacial score (nSPS) is 22.1. The first-order valence-electron chi connectivity index (χ1n) is 5.12. The van der Waals surface area contributed by atoms with Crippen LogP contribution < -0.4 is 0 Å². The van der Waals surface area contributed by atoms with Gasteiger partial charge >= 0.3 is 0 Å². The molecule has 1 rings (SSSR count). The number of nitrogens with zero attached hydrogens (tertiary/aromatic N) is 1. The summed E-state index contributed by atoms with van der Waals surface area (Å²) >= 11 is 0. The molecule has 0 aliphatic heterocycles. The van der Waals surface area contributed by atoms with Gasteiger partial charge in [0.15, 0.2) is 0 Å². The van der Waals surface area contributed by atoms with Crippen molar-refractivity contribution in [3.05, 3.63) is 4.91 Å². The second-order valence-corrected chi connectivity index (χ2v) is 4.16. The molecule has 2 nitrogen and oxygen atoms in total. The molecule has 0 heterocycles. The minimum atomic E-state index is 0.505. The summed E-state index contributed by atoms with van der Waals surface area (Å²) in [6.45, 7) is 2.65. The molecule has 70 valence electrons. The highest BCUT2D eigenvalue weighted by atomic mass is 16.3. The molecule has 0 aromatic heterocycles. The van der Waals surface area contributed by atoms with Crippen LogP contribution in [0.5, 0.6) is 0 Å². The number of nitroso groups, excluding NO2 is 1. The topological polar surface area (TPSA) is 29.4 Å². The Labute approximate surface area is 74.7 Å². The predicted molar refractivity (Wildman–Crippen MR) is 51.0 cm³/mol. The molecule has 0 N–H and O–H groups in total. The summed E-state index contributed by atoms with van der Waals surface area (Å²) in [6, 6.07) is 0. The highest BCUT2D eigenvalue weighted by molar-refractivity contribution is 4.69. The van der Waals surface area contributed by atoms with Crippen LogP contribution in [-0.2, 0) is 0 Å². The molecule has 0 spiro atoms. The van der Waals surface area contributed by atoms with Crippen molar-refractivity contribution in [1.82, 2.24) is 0 Å². The summed E-state index contributed by atoms with van der Waals surface area (Å²) in [4.78, 5) is 10.0. The SMILES string of the molecule is CC(CN=O)CC1CCCCC1. The second kappa shape index (κ2) is 5.28. The van der Waals surface area contributed by atoms with E-state index >= 15 is 0 Å². The number of rotatable bonds is 4. The molecule has 1 fully saturated rings. The van der Waals surface area contributed by atoms with Crippen LogP contribution in [0.3, 0.4) is 0 Å². The van der Waals surface area contributed by atoms with Gasteiger partial charge in [-0.3, -0.25) is 0 Å². The Bertz CT molecular complexity index is 130. The summed E-state index contributed by atoms with van der Waals surface area (Å²) in [7, 11) is 0. The van der Waals surface area contributed by atoms with E-state index in [-0.39, 0.29) is 0 Å². The quantitative estimate of drug-likeness (QED) is 0.593. The first-order valence-corrected chi connectivity index (χ1v) is 5.12. The lowest BCUT2D eigenvalue weighted by atomic mass is 9.83. The van der Waals surface area contributed by atoms with E-state index in [1.165, 1.54) is 38.5 Å². The summed E-state index contributed by atoms with van der Waals surface area (Å²) in [5, 5.41) is 2.95. The Morgan fingerprint density at radius 1 is 1.33 bits per heavy atom. The van der Waals surface area contributed by atoms with Gasteiger partial charge in [-0.1, -0.05) is 44.2 Å². The van der Waals surface area contributed by atoms with Crippen molar-refractivity contribution in [3.8, 4) is 0 Å². The highest BCUT2D eigenvalue weighted by Crippen LogP contribution is 2.28. The van der Waals surface area contributed by atoms with E-state index in [9.17, 15) is 4.91 Å². The van der Waals surface area contributed by atoms with E-state index in [1.54, 1.807) is 0 Å². The second-order valence-electron chi connectivity index (χ2n) is 4.16. The fourth-order valence-corrected chi connectivity index (χ4v) is 2.19. The predicted octanol–water partition coefficient (Wildman–Crippen LogP) is 3.36. The lowest BCUT2D eigenvalue weighted by Gasteiger charge is -2.23. The first kappa shape index (κ1) is 9.69. The summed E-state index contributed by atoms with van der Waals surface area (Å²) in [5.41, 5.74) is 0. The van der Waals surface area contributed by atoms with Gasteiger partial charge in [0, 0.05) is 0 Å². The maximum Gasteiger partial charge on any atom is 0.0836 e. The average Bonchev–Trinajstić information content (AvgIpc) is 2.06. The summed E-state index contributed by atoms with van der Waals surface area (Å²) < 4.78 is 0. The lowest BCUT2D eigenvalue weighted by molar-refractivity contribution is 0.299. The monoisotopic (exact) mass is 169 g/mol. The van der Waals surface area contributed by atoms with Crippen LogP contribution in [0, 0.1) is 16.7 Å². The van der Waals surface area contributed by atoms with E-state index < -0.39 is 0 Å². The van der Waals surface area contributed by atoms with Gasteiger partial charge in [0.1, 0.15) is 0 Å². The maximum atomic E-state index is 10.0. The van der Waals surface area contributed by atoms with Crippen molar-refractivity contribution in [2.75, 3.05) is 6.54 Å². The van der Waals surface area contributed by atoms with Crippen LogP contribution in [0.25, 0.3) is 0 Å². The van der Waals surface area contributed by atoms with E-state index in [0.29, 0.717) is 12.5 Å². The molecule has 0 bridgehead atoms. The molecule has 0 saturated heterocycles. The smallest absolute Gasteiger partial charge is 0.0836 e. The van der Waals surface area contributed by atoms with Crippen LogP contribution in [0.2, 0.25) is 0 Å². The van der Waals surface area contributed by atoms with E-state index in [1.807, 2.05) is 0 Å². The maximum absolute atomic E-state index is 10.0. The van der Waals surface area contributed by atoms with Gasteiger partial charge in [-0.25, -0.2) is 0 Å². The molecule has 12 heavy (non-hydrogen) atoms. The van der Waals surface area contributed by atoms with Crippen molar-refractivity contribution >= 4 is 0 Å². The van der Waals surface area contributed by atoms with Crippen LogP contribution >= 0.6 is 0 Å². The van der Waals surface area contributed by atoms with Gasteiger partial charge in [-0.15, -0.1) is 0 Å². The molecule has 0 radical (unpaired) electrons. The Kier molecular flexibility index (Phi) is 4.26. The Balaban J connectivity index is 2.15. The number of hydrogen-bond acceptors (Lipinski definition) is 2.